The van der Waals surface area contributed by atoms with Crippen molar-refractivity contribution in [3.05, 3.63) is 34.9 Å². The highest BCUT2D eigenvalue weighted by Gasteiger charge is 2.17. The van der Waals surface area contributed by atoms with Gasteiger partial charge in [-0.1, -0.05) is 18.2 Å². The van der Waals surface area contributed by atoms with E-state index in [2.05, 4.69) is 18.2 Å². The lowest BCUT2D eigenvalue weighted by Gasteiger charge is -2.23. The van der Waals surface area contributed by atoms with Crippen molar-refractivity contribution >= 4 is 0 Å². The Kier molecular flexibility index (Phi) is 3.39. The third-order valence-electron chi connectivity index (χ3n) is 3.22. The SMILES string of the molecule is NC1CCc2c(CCCO)cccc2C1. The third kappa shape index (κ3) is 2.39. The van der Waals surface area contributed by atoms with Crippen LogP contribution in [0.4, 0.5) is 0 Å². The number of hydrogen-bond donors (Lipinski definition) is 2. The monoisotopic (exact) mass is 205 g/mol. The van der Waals surface area contributed by atoms with Gasteiger partial charge in [-0.3, -0.25) is 0 Å². The first-order valence-corrected chi connectivity index (χ1v) is 5.77. The van der Waals surface area contributed by atoms with E-state index >= 15 is 0 Å². The van der Waals surface area contributed by atoms with E-state index < -0.39 is 0 Å². The minimum Gasteiger partial charge on any atom is -0.396 e. The quantitative estimate of drug-likeness (QED) is 0.784. The topological polar surface area (TPSA) is 46.2 Å². The van der Waals surface area contributed by atoms with E-state index in [1.807, 2.05) is 0 Å². The first kappa shape index (κ1) is 10.7. The zero-order chi connectivity index (χ0) is 10.7. The molecule has 1 aliphatic carbocycles. The zero-order valence-electron chi connectivity index (χ0n) is 9.08. The molecule has 2 nitrogen and oxygen atoms in total. The molecule has 0 radical (unpaired) electrons. The molecular weight excluding hydrogens is 186 g/mol. The van der Waals surface area contributed by atoms with Gasteiger partial charge in [-0.15, -0.1) is 0 Å². The first-order valence-electron chi connectivity index (χ1n) is 5.77. The molecule has 2 rings (SSSR count). The van der Waals surface area contributed by atoms with Crippen molar-refractivity contribution in [2.24, 2.45) is 5.73 Å². The van der Waals surface area contributed by atoms with Gasteiger partial charge < -0.3 is 10.8 Å². The molecule has 0 saturated carbocycles. The van der Waals surface area contributed by atoms with Crippen LogP contribution in [-0.4, -0.2) is 17.8 Å². The summed E-state index contributed by atoms with van der Waals surface area (Å²) >= 11 is 0. The summed E-state index contributed by atoms with van der Waals surface area (Å²) in [6, 6.07) is 6.83. The van der Waals surface area contributed by atoms with E-state index in [1.54, 1.807) is 0 Å². The van der Waals surface area contributed by atoms with Crippen molar-refractivity contribution in [2.45, 2.75) is 38.1 Å². The Morgan fingerprint density at radius 2 is 2.27 bits per heavy atom. The third-order valence-corrected chi connectivity index (χ3v) is 3.22. The largest absolute Gasteiger partial charge is 0.396 e. The van der Waals surface area contributed by atoms with Crippen LogP contribution in [0.3, 0.4) is 0 Å². The maximum absolute atomic E-state index is 8.85. The second kappa shape index (κ2) is 4.77. The molecule has 1 aromatic rings. The second-order valence-electron chi connectivity index (χ2n) is 4.38. The molecule has 0 heterocycles. The molecule has 0 aromatic heterocycles. The maximum atomic E-state index is 8.85. The van der Waals surface area contributed by atoms with Crippen molar-refractivity contribution in [2.75, 3.05) is 6.61 Å². The molecule has 1 aromatic carbocycles. The molecule has 1 atom stereocenters. The lowest BCUT2D eigenvalue weighted by molar-refractivity contribution is 0.288. The number of rotatable bonds is 3. The van der Waals surface area contributed by atoms with E-state index in [1.165, 1.54) is 16.7 Å². The molecule has 0 aliphatic heterocycles. The van der Waals surface area contributed by atoms with Crippen molar-refractivity contribution < 1.29 is 5.11 Å². The Bertz CT molecular complexity index is 335. The molecule has 15 heavy (non-hydrogen) atoms. The summed E-state index contributed by atoms with van der Waals surface area (Å²) < 4.78 is 0. The number of hydrogen-bond acceptors (Lipinski definition) is 2. The van der Waals surface area contributed by atoms with Crippen molar-refractivity contribution in [1.82, 2.24) is 0 Å². The number of nitrogens with two attached hydrogens (primary N) is 1. The van der Waals surface area contributed by atoms with Gasteiger partial charge in [0.1, 0.15) is 0 Å². The van der Waals surface area contributed by atoms with Gasteiger partial charge in [-0.2, -0.15) is 0 Å². The first-order chi connectivity index (χ1) is 7.31. The van der Waals surface area contributed by atoms with Gasteiger partial charge in [-0.05, 0) is 48.8 Å². The fourth-order valence-electron chi connectivity index (χ4n) is 2.42. The van der Waals surface area contributed by atoms with Crippen molar-refractivity contribution in [1.29, 1.82) is 0 Å². The zero-order valence-corrected chi connectivity index (χ0v) is 9.08. The Balaban J connectivity index is 2.21. The minimum absolute atomic E-state index is 0.281. The molecule has 0 spiro atoms. The molecular formula is C13H19NO. The molecule has 0 saturated heterocycles. The van der Waals surface area contributed by atoms with E-state index in [9.17, 15) is 0 Å². The molecule has 2 heteroatoms. The lowest BCUT2D eigenvalue weighted by atomic mass is 9.85. The second-order valence-corrected chi connectivity index (χ2v) is 4.38. The minimum atomic E-state index is 0.281. The number of aliphatic hydroxyl groups is 1. The highest BCUT2D eigenvalue weighted by Crippen LogP contribution is 2.24. The number of aliphatic hydroxyl groups excluding tert-OH is 1. The summed E-state index contributed by atoms with van der Waals surface area (Å²) in [6.07, 6.45) is 5.08. The van der Waals surface area contributed by atoms with Crippen LogP contribution in [0.15, 0.2) is 18.2 Å². The highest BCUT2D eigenvalue weighted by molar-refractivity contribution is 5.37. The highest BCUT2D eigenvalue weighted by atomic mass is 16.2. The average Bonchev–Trinajstić information content (AvgIpc) is 2.25. The van der Waals surface area contributed by atoms with Gasteiger partial charge in [-0.25, -0.2) is 0 Å². The number of aryl methyl sites for hydroxylation is 1. The Hall–Kier alpha value is -0.860. The van der Waals surface area contributed by atoms with E-state index in [0.29, 0.717) is 6.04 Å². The fraction of sp³-hybridized carbons (Fsp3) is 0.538. The van der Waals surface area contributed by atoms with E-state index in [4.69, 9.17) is 10.8 Å². The average molecular weight is 205 g/mol. The molecule has 82 valence electrons. The van der Waals surface area contributed by atoms with Gasteiger partial charge in [0.2, 0.25) is 0 Å². The maximum Gasteiger partial charge on any atom is 0.0434 e. The summed E-state index contributed by atoms with van der Waals surface area (Å²) in [7, 11) is 0. The van der Waals surface area contributed by atoms with Crippen LogP contribution in [0.1, 0.15) is 29.5 Å². The molecule has 1 aliphatic rings. The van der Waals surface area contributed by atoms with Crippen LogP contribution in [0.2, 0.25) is 0 Å². The van der Waals surface area contributed by atoms with Gasteiger partial charge in [0.25, 0.3) is 0 Å². The number of fused-ring (bicyclic) bond motifs is 1. The van der Waals surface area contributed by atoms with Crippen LogP contribution in [0, 0.1) is 0 Å². The summed E-state index contributed by atoms with van der Waals surface area (Å²) in [5.74, 6) is 0. The van der Waals surface area contributed by atoms with Gasteiger partial charge in [0, 0.05) is 12.6 Å². The smallest absolute Gasteiger partial charge is 0.0434 e. The fourth-order valence-corrected chi connectivity index (χ4v) is 2.42. The van der Waals surface area contributed by atoms with Crippen molar-refractivity contribution in [3.63, 3.8) is 0 Å². The predicted octanol–water partition coefficient (Wildman–Crippen LogP) is 1.43. The van der Waals surface area contributed by atoms with Crippen LogP contribution in [0.25, 0.3) is 0 Å². The Morgan fingerprint density at radius 1 is 1.40 bits per heavy atom. The Morgan fingerprint density at radius 3 is 3.07 bits per heavy atom. The molecule has 3 N–H and O–H groups in total. The Labute approximate surface area is 91.1 Å². The predicted molar refractivity (Wildman–Crippen MR) is 61.8 cm³/mol. The normalized spacial score (nSPS) is 20.0. The summed E-state index contributed by atoms with van der Waals surface area (Å²) in [5, 5.41) is 8.85. The van der Waals surface area contributed by atoms with Crippen molar-refractivity contribution in [3.8, 4) is 0 Å². The molecule has 0 fully saturated rings. The standard InChI is InChI=1S/C13H19NO/c14-12-6-7-13-10(5-2-8-15)3-1-4-11(13)9-12/h1,3-4,12,15H,2,5-9,14H2. The lowest BCUT2D eigenvalue weighted by Crippen LogP contribution is -2.28. The van der Waals surface area contributed by atoms with Crippen LogP contribution in [0.5, 0.6) is 0 Å². The van der Waals surface area contributed by atoms with Crippen LogP contribution >= 0.6 is 0 Å². The van der Waals surface area contributed by atoms with E-state index in [-0.39, 0.29) is 6.61 Å². The van der Waals surface area contributed by atoms with Gasteiger partial charge in [0.05, 0.1) is 0 Å². The molecule has 0 amide bonds. The van der Waals surface area contributed by atoms with E-state index in [0.717, 1.165) is 32.1 Å². The van der Waals surface area contributed by atoms with Crippen LogP contribution < -0.4 is 5.73 Å². The molecule has 1 unspecified atom stereocenters. The summed E-state index contributed by atoms with van der Waals surface area (Å²) in [5.41, 5.74) is 10.3. The summed E-state index contributed by atoms with van der Waals surface area (Å²) in [6.45, 7) is 0.281. The van der Waals surface area contributed by atoms with Gasteiger partial charge in [0.15, 0.2) is 0 Å². The van der Waals surface area contributed by atoms with Gasteiger partial charge >= 0.3 is 0 Å². The van der Waals surface area contributed by atoms with Crippen LogP contribution in [-0.2, 0) is 19.3 Å². The number of benzene rings is 1. The molecule has 0 bridgehead atoms. The summed E-state index contributed by atoms with van der Waals surface area (Å²) in [4.78, 5) is 0.